The summed E-state index contributed by atoms with van der Waals surface area (Å²) >= 11 is 0. The molecule has 3 atom stereocenters. The first-order valence-electron chi connectivity index (χ1n) is 6.10. The van der Waals surface area contributed by atoms with Crippen LogP contribution in [0.3, 0.4) is 0 Å². The first-order valence-corrected chi connectivity index (χ1v) is 6.10. The highest BCUT2D eigenvalue weighted by atomic mass is 16.3. The van der Waals surface area contributed by atoms with Gasteiger partial charge in [0.25, 0.3) is 0 Å². The lowest BCUT2D eigenvalue weighted by Gasteiger charge is -2.42. The number of aliphatic hydroxyl groups is 1. The third-order valence-corrected chi connectivity index (χ3v) is 4.03. The minimum Gasteiger partial charge on any atom is -0.392 e. The quantitative estimate of drug-likeness (QED) is 0.694. The Morgan fingerprint density at radius 2 is 1.57 bits per heavy atom. The Morgan fingerprint density at radius 1 is 1.07 bits per heavy atom. The maximum atomic E-state index is 10.1. The van der Waals surface area contributed by atoms with Crippen LogP contribution in [0.1, 0.15) is 39.5 Å². The van der Waals surface area contributed by atoms with Crippen LogP contribution in [0.4, 0.5) is 0 Å². The van der Waals surface area contributed by atoms with E-state index in [0.29, 0.717) is 17.9 Å². The molecule has 2 fully saturated rings. The van der Waals surface area contributed by atoms with E-state index < -0.39 is 0 Å². The molecule has 2 bridgehead atoms. The number of nitrogens with zero attached hydrogens (tertiary/aromatic N) is 1. The zero-order valence-electron chi connectivity index (χ0n) is 9.45. The first-order chi connectivity index (χ1) is 6.68. The Labute approximate surface area is 87.3 Å². The monoisotopic (exact) mass is 197 g/mol. The van der Waals surface area contributed by atoms with Crippen molar-refractivity contribution in [3.05, 3.63) is 0 Å². The van der Waals surface area contributed by atoms with E-state index in [1.165, 1.54) is 25.7 Å². The number of fused-ring (bicyclic) bond motifs is 2. The van der Waals surface area contributed by atoms with Crippen molar-refractivity contribution in [3.8, 4) is 0 Å². The van der Waals surface area contributed by atoms with Crippen molar-refractivity contribution in [2.75, 3.05) is 13.1 Å². The smallest absolute Gasteiger partial charge is 0.0620 e. The van der Waals surface area contributed by atoms with Crippen molar-refractivity contribution >= 4 is 0 Å². The minimum atomic E-state index is -0.00694. The Morgan fingerprint density at radius 3 is 2.00 bits per heavy atom. The lowest BCUT2D eigenvalue weighted by molar-refractivity contribution is -0.0289. The Kier molecular flexibility index (Phi) is 3.13. The molecule has 1 saturated carbocycles. The fourth-order valence-electron chi connectivity index (χ4n) is 3.04. The Bertz CT molecular complexity index is 177. The van der Waals surface area contributed by atoms with Gasteiger partial charge in [0.15, 0.2) is 0 Å². The maximum Gasteiger partial charge on any atom is 0.0620 e. The molecule has 2 heteroatoms. The molecule has 0 radical (unpaired) electrons. The average Bonchev–Trinajstić information content (AvgIpc) is 2.28. The fourth-order valence-corrected chi connectivity index (χ4v) is 3.04. The van der Waals surface area contributed by atoms with Crippen molar-refractivity contribution in [3.63, 3.8) is 0 Å². The van der Waals surface area contributed by atoms with Crippen molar-refractivity contribution < 1.29 is 5.11 Å². The third-order valence-electron chi connectivity index (χ3n) is 4.03. The third kappa shape index (κ3) is 1.96. The van der Waals surface area contributed by atoms with Crippen molar-refractivity contribution in [2.45, 2.75) is 51.7 Å². The van der Waals surface area contributed by atoms with Gasteiger partial charge in [0.2, 0.25) is 0 Å². The molecule has 2 aliphatic rings. The predicted molar refractivity (Wildman–Crippen MR) is 58.2 cm³/mol. The number of hydrogen-bond donors (Lipinski definition) is 1. The summed E-state index contributed by atoms with van der Waals surface area (Å²) in [7, 11) is 0. The topological polar surface area (TPSA) is 23.5 Å². The number of hydrogen-bond acceptors (Lipinski definition) is 2. The van der Waals surface area contributed by atoms with Gasteiger partial charge in [-0.3, -0.25) is 0 Å². The van der Waals surface area contributed by atoms with Crippen molar-refractivity contribution in [1.82, 2.24) is 4.90 Å². The van der Waals surface area contributed by atoms with Crippen LogP contribution in [0.2, 0.25) is 0 Å². The standard InChI is InChI=1S/C12H23NO/c1-9(2)13-7-10-5-3-4-6-11(8-13)12(10)14/h9-12,14H,3-8H2,1-2H3/t10-,11+,12?. The highest BCUT2D eigenvalue weighted by Crippen LogP contribution is 2.34. The van der Waals surface area contributed by atoms with E-state index >= 15 is 0 Å². The van der Waals surface area contributed by atoms with Crippen LogP contribution >= 0.6 is 0 Å². The van der Waals surface area contributed by atoms with Crippen LogP contribution < -0.4 is 0 Å². The molecule has 1 aliphatic carbocycles. The molecule has 0 amide bonds. The highest BCUT2D eigenvalue weighted by molar-refractivity contribution is 4.89. The molecule has 14 heavy (non-hydrogen) atoms. The van der Waals surface area contributed by atoms with Gasteiger partial charge in [-0.25, -0.2) is 0 Å². The lowest BCUT2D eigenvalue weighted by atomic mass is 9.84. The molecular weight excluding hydrogens is 174 g/mol. The Balaban J connectivity index is 2.06. The molecule has 82 valence electrons. The van der Waals surface area contributed by atoms with Crippen molar-refractivity contribution in [1.29, 1.82) is 0 Å². The van der Waals surface area contributed by atoms with Crippen LogP contribution in [0.15, 0.2) is 0 Å². The average molecular weight is 197 g/mol. The maximum absolute atomic E-state index is 10.1. The van der Waals surface area contributed by atoms with Gasteiger partial charge in [0.05, 0.1) is 6.10 Å². The second-order valence-electron chi connectivity index (χ2n) is 5.34. The number of rotatable bonds is 1. The van der Waals surface area contributed by atoms with Gasteiger partial charge in [-0.1, -0.05) is 12.8 Å². The van der Waals surface area contributed by atoms with Gasteiger partial charge >= 0.3 is 0 Å². The van der Waals surface area contributed by atoms with Gasteiger partial charge < -0.3 is 10.0 Å². The minimum absolute atomic E-state index is 0.00694. The lowest BCUT2D eigenvalue weighted by Crippen LogP contribution is -2.50. The van der Waals surface area contributed by atoms with Crippen LogP contribution in [0.5, 0.6) is 0 Å². The molecule has 2 nitrogen and oxygen atoms in total. The zero-order valence-corrected chi connectivity index (χ0v) is 9.45. The molecule has 1 saturated heterocycles. The van der Waals surface area contributed by atoms with Crippen LogP contribution in [0.25, 0.3) is 0 Å². The van der Waals surface area contributed by atoms with E-state index in [9.17, 15) is 5.11 Å². The van der Waals surface area contributed by atoms with E-state index in [2.05, 4.69) is 18.7 Å². The molecule has 1 unspecified atom stereocenters. The van der Waals surface area contributed by atoms with E-state index in [0.717, 1.165) is 13.1 Å². The highest BCUT2D eigenvalue weighted by Gasteiger charge is 2.37. The zero-order chi connectivity index (χ0) is 10.1. The summed E-state index contributed by atoms with van der Waals surface area (Å²) in [4.78, 5) is 2.55. The molecule has 2 rings (SSSR count). The van der Waals surface area contributed by atoms with Crippen LogP contribution in [-0.2, 0) is 0 Å². The SMILES string of the molecule is CC(C)N1C[C@H]2CCCC[C@@H](C1)C2O. The van der Waals surface area contributed by atoms with E-state index in [1.54, 1.807) is 0 Å². The second kappa shape index (κ2) is 4.19. The molecule has 1 N–H and O–H groups in total. The summed E-state index contributed by atoms with van der Waals surface area (Å²) < 4.78 is 0. The second-order valence-corrected chi connectivity index (χ2v) is 5.34. The molecule has 0 aromatic carbocycles. The largest absolute Gasteiger partial charge is 0.392 e. The number of likely N-dealkylation sites (tertiary alicyclic amines) is 1. The molecule has 0 aromatic rings. The Hall–Kier alpha value is -0.0800. The summed E-state index contributed by atoms with van der Waals surface area (Å²) in [5, 5.41) is 10.1. The number of aliphatic hydroxyl groups excluding tert-OH is 1. The van der Waals surface area contributed by atoms with E-state index in [-0.39, 0.29) is 6.10 Å². The molecule has 1 heterocycles. The summed E-state index contributed by atoms with van der Waals surface area (Å²) in [6.45, 7) is 6.78. The summed E-state index contributed by atoms with van der Waals surface area (Å²) in [5.74, 6) is 1.11. The number of piperidine rings is 1. The van der Waals surface area contributed by atoms with Gasteiger partial charge in [-0.05, 0) is 38.5 Å². The van der Waals surface area contributed by atoms with Gasteiger partial charge in [0, 0.05) is 19.1 Å². The van der Waals surface area contributed by atoms with E-state index in [1.807, 2.05) is 0 Å². The van der Waals surface area contributed by atoms with Gasteiger partial charge in [-0.2, -0.15) is 0 Å². The molecule has 0 spiro atoms. The molecular formula is C12H23NO. The normalized spacial score (nSPS) is 39.9. The first kappa shape index (κ1) is 10.4. The van der Waals surface area contributed by atoms with Gasteiger partial charge in [0.1, 0.15) is 0 Å². The van der Waals surface area contributed by atoms with Crippen LogP contribution in [-0.4, -0.2) is 35.2 Å². The molecule has 0 aromatic heterocycles. The van der Waals surface area contributed by atoms with E-state index in [4.69, 9.17) is 0 Å². The summed E-state index contributed by atoms with van der Waals surface area (Å²) in [5.41, 5.74) is 0. The fraction of sp³-hybridized carbons (Fsp3) is 1.00. The van der Waals surface area contributed by atoms with Crippen LogP contribution in [0, 0.1) is 11.8 Å². The van der Waals surface area contributed by atoms with Crippen molar-refractivity contribution in [2.24, 2.45) is 11.8 Å². The summed E-state index contributed by atoms with van der Waals surface area (Å²) in [6.07, 6.45) is 5.11. The predicted octanol–water partition coefficient (Wildman–Crippen LogP) is 1.88. The van der Waals surface area contributed by atoms with Gasteiger partial charge in [-0.15, -0.1) is 0 Å². The molecule has 1 aliphatic heterocycles. The summed E-state index contributed by atoms with van der Waals surface area (Å²) in [6, 6.07) is 0.644.